The predicted octanol–water partition coefficient (Wildman–Crippen LogP) is 9.51. The van der Waals surface area contributed by atoms with Crippen molar-refractivity contribution in [3.63, 3.8) is 0 Å². The molecular formula is C37H23N3. The fourth-order valence-corrected chi connectivity index (χ4v) is 6.58. The molecule has 3 heterocycles. The second-order valence-electron chi connectivity index (χ2n) is 10.4. The van der Waals surface area contributed by atoms with Crippen LogP contribution in [-0.4, -0.2) is 14.0 Å². The zero-order chi connectivity index (χ0) is 26.2. The highest BCUT2D eigenvalue weighted by Gasteiger charge is 2.20. The lowest BCUT2D eigenvalue weighted by Gasteiger charge is -2.13. The monoisotopic (exact) mass is 509 g/mol. The van der Waals surface area contributed by atoms with Gasteiger partial charge in [-0.05, 0) is 53.6 Å². The van der Waals surface area contributed by atoms with Crippen LogP contribution in [0.2, 0.25) is 0 Å². The van der Waals surface area contributed by atoms with E-state index >= 15 is 0 Å². The van der Waals surface area contributed by atoms with E-state index in [0.29, 0.717) is 0 Å². The highest BCUT2D eigenvalue weighted by Crippen LogP contribution is 2.41. The second kappa shape index (κ2) is 8.05. The molecule has 0 aliphatic carbocycles. The van der Waals surface area contributed by atoms with Crippen molar-refractivity contribution in [2.24, 2.45) is 0 Å². The predicted molar refractivity (Wildman–Crippen MR) is 167 cm³/mol. The van der Waals surface area contributed by atoms with Crippen molar-refractivity contribution in [1.29, 1.82) is 0 Å². The van der Waals surface area contributed by atoms with Crippen molar-refractivity contribution < 1.29 is 0 Å². The third-order valence-corrected chi connectivity index (χ3v) is 8.28. The number of para-hydroxylation sites is 5. The highest BCUT2D eigenvalue weighted by atomic mass is 15.1. The Labute approximate surface area is 230 Å². The molecule has 0 atom stereocenters. The van der Waals surface area contributed by atoms with Crippen LogP contribution in [0.5, 0.6) is 0 Å². The molecule has 9 aromatic rings. The van der Waals surface area contributed by atoms with Gasteiger partial charge in [0.15, 0.2) is 0 Å². The van der Waals surface area contributed by atoms with Gasteiger partial charge in [0.05, 0.1) is 27.6 Å². The van der Waals surface area contributed by atoms with Gasteiger partial charge >= 0.3 is 0 Å². The number of benzene rings is 6. The van der Waals surface area contributed by atoms with Crippen LogP contribution >= 0.6 is 0 Å². The zero-order valence-corrected chi connectivity index (χ0v) is 21.6. The summed E-state index contributed by atoms with van der Waals surface area (Å²) >= 11 is 0. The van der Waals surface area contributed by atoms with Crippen LogP contribution in [0, 0.1) is 0 Å². The molecule has 0 saturated heterocycles. The van der Waals surface area contributed by atoms with Gasteiger partial charge in [-0.3, -0.25) is 4.57 Å². The molecular weight excluding hydrogens is 486 g/mol. The van der Waals surface area contributed by atoms with Gasteiger partial charge in [0.2, 0.25) is 0 Å². The minimum Gasteiger partial charge on any atom is -0.308 e. The van der Waals surface area contributed by atoms with Crippen LogP contribution in [0.15, 0.2) is 140 Å². The lowest BCUT2D eigenvalue weighted by molar-refractivity contribution is 1.10. The first kappa shape index (κ1) is 21.5. The van der Waals surface area contributed by atoms with E-state index in [1.165, 1.54) is 49.2 Å². The summed E-state index contributed by atoms with van der Waals surface area (Å²) in [7, 11) is 0. The SMILES string of the molecule is c1ccc(-n2c(-c3ccccc3-c3ccc4c(c3)c3cccc5c6ccccc6n4c53)nc3ccccc32)cc1. The van der Waals surface area contributed by atoms with Crippen molar-refractivity contribution >= 4 is 49.1 Å². The fourth-order valence-electron chi connectivity index (χ4n) is 6.58. The molecule has 0 unspecified atom stereocenters. The number of rotatable bonds is 3. The summed E-state index contributed by atoms with van der Waals surface area (Å²) in [6.45, 7) is 0. The van der Waals surface area contributed by atoms with Crippen LogP contribution in [0.25, 0.3) is 77.3 Å². The van der Waals surface area contributed by atoms with Gasteiger partial charge in [-0.15, -0.1) is 0 Å². The molecule has 3 heteroatoms. The van der Waals surface area contributed by atoms with Crippen LogP contribution in [0.1, 0.15) is 0 Å². The molecule has 0 aliphatic heterocycles. The molecule has 3 nitrogen and oxygen atoms in total. The third-order valence-electron chi connectivity index (χ3n) is 8.28. The number of imidazole rings is 1. The maximum atomic E-state index is 5.17. The Morgan fingerprint density at radius 2 is 1.10 bits per heavy atom. The van der Waals surface area contributed by atoms with Gasteiger partial charge in [0, 0.05) is 32.8 Å². The quantitative estimate of drug-likeness (QED) is 0.232. The number of nitrogens with zero attached hydrogens (tertiary/aromatic N) is 3. The second-order valence-corrected chi connectivity index (χ2v) is 10.4. The number of hydrogen-bond donors (Lipinski definition) is 0. The van der Waals surface area contributed by atoms with E-state index in [-0.39, 0.29) is 0 Å². The zero-order valence-electron chi connectivity index (χ0n) is 21.6. The molecule has 9 rings (SSSR count). The van der Waals surface area contributed by atoms with Crippen LogP contribution in [0.3, 0.4) is 0 Å². The van der Waals surface area contributed by atoms with Gasteiger partial charge in [-0.1, -0.05) is 97.1 Å². The molecule has 0 spiro atoms. The van der Waals surface area contributed by atoms with Crippen molar-refractivity contribution in [2.75, 3.05) is 0 Å². The summed E-state index contributed by atoms with van der Waals surface area (Å²) < 4.78 is 4.71. The molecule has 0 aliphatic rings. The summed E-state index contributed by atoms with van der Waals surface area (Å²) in [4.78, 5) is 5.17. The summed E-state index contributed by atoms with van der Waals surface area (Å²) in [5.74, 6) is 0.947. The van der Waals surface area contributed by atoms with E-state index < -0.39 is 0 Å². The fraction of sp³-hybridized carbons (Fsp3) is 0. The van der Waals surface area contributed by atoms with Crippen molar-refractivity contribution in [1.82, 2.24) is 14.0 Å². The Balaban J connectivity index is 1.32. The minimum absolute atomic E-state index is 0.947. The van der Waals surface area contributed by atoms with E-state index in [1.54, 1.807) is 0 Å². The average molecular weight is 510 g/mol. The third kappa shape index (κ3) is 2.86. The lowest BCUT2D eigenvalue weighted by atomic mass is 9.97. The van der Waals surface area contributed by atoms with Gasteiger partial charge in [0.1, 0.15) is 5.82 Å². The maximum absolute atomic E-state index is 5.17. The number of hydrogen-bond acceptors (Lipinski definition) is 1. The smallest absolute Gasteiger partial charge is 0.146 e. The van der Waals surface area contributed by atoms with Gasteiger partial charge in [-0.2, -0.15) is 0 Å². The van der Waals surface area contributed by atoms with E-state index in [4.69, 9.17) is 4.98 Å². The molecule has 0 fully saturated rings. The average Bonchev–Trinajstić information content (AvgIpc) is 3.68. The maximum Gasteiger partial charge on any atom is 0.146 e. The van der Waals surface area contributed by atoms with E-state index in [0.717, 1.165) is 28.1 Å². The van der Waals surface area contributed by atoms with E-state index in [1.807, 2.05) is 0 Å². The Hall–Kier alpha value is -5.41. The normalized spacial score (nSPS) is 12.0. The molecule has 0 N–H and O–H groups in total. The molecule has 0 bridgehead atoms. The standard InChI is InChI=1S/C37H23N3/c1-2-11-25(12-3-1)39-35-20-9-7-18-32(35)38-37(39)30-15-5-4-13-26(30)24-21-22-34-31(23-24)29-17-10-16-28-27-14-6-8-19-33(27)40(34)36(28)29/h1-23H. The van der Waals surface area contributed by atoms with Gasteiger partial charge in [0.25, 0.3) is 0 Å². The molecule has 0 saturated carbocycles. The molecule has 6 aromatic carbocycles. The Bertz CT molecular complexity index is 2370. The Morgan fingerprint density at radius 1 is 0.450 bits per heavy atom. The topological polar surface area (TPSA) is 22.2 Å². The summed E-state index contributed by atoms with van der Waals surface area (Å²) in [5.41, 5.74) is 10.5. The Morgan fingerprint density at radius 3 is 1.98 bits per heavy atom. The van der Waals surface area contributed by atoms with Crippen LogP contribution in [0.4, 0.5) is 0 Å². The lowest BCUT2D eigenvalue weighted by Crippen LogP contribution is -1.98. The molecule has 186 valence electrons. The Kier molecular flexibility index (Phi) is 4.33. The first-order valence-corrected chi connectivity index (χ1v) is 13.7. The van der Waals surface area contributed by atoms with Gasteiger partial charge < -0.3 is 4.40 Å². The minimum atomic E-state index is 0.947. The highest BCUT2D eigenvalue weighted by molar-refractivity contribution is 6.23. The summed E-state index contributed by atoms with van der Waals surface area (Å²) in [6, 6.07) is 49.9. The van der Waals surface area contributed by atoms with Gasteiger partial charge in [-0.25, -0.2) is 4.98 Å². The summed E-state index contributed by atoms with van der Waals surface area (Å²) in [5, 5.41) is 5.18. The first-order chi connectivity index (χ1) is 19.9. The van der Waals surface area contributed by atoms with Crippen LogP contribution in [-0.2, 0) is 0 Å². The first-order valence-electron chi connectivity index (χ1n) is 13.7. The largest absolute Gasteiger partial charge is 0.308 e. The summed E-state index contributed by atoms with van der Waals surface area (Å²) in [6.07, 6.45) is 0. The molecule has 3 aromatic heterocycles. The van der Waals surface area contributed by atoms with Crippen molar-refractivity contribution in [2.45, 2.75) is 0 Å². The van der Waals surface area contributed by atoms with E-state index in [2.05, 4.69) is 148 Å². The number of fused-ring (bicyclic) bond motifs is 7. The van der Waals surface area contributed by atoms with Crippen molar-refractivity contribution in [3.8, 4) is 28.2 Å². The molecule has 0 amide bonds. The van der Waals surface area contributed by atoms with E-state index in [9.17, 15) is 0 Å². The molecule has 0 radical (unpaired) electrons. The molecule has 40 heavy (non-hydrogen) atoms. The van der Waals surface area contributed by atoms with Crippen molar-refractivity contribution in [3.05, 3.63) is 140 Å². The van der Waals surface area contributed by atoms with Crippen LogP contribution < -0.4 is 0 Å². The number of aromatic nitrogens is 3.